The summed E-state index contributed by atoms with van der Waals surface area (Å²) in [7, 11) is -1.62. The van der Waals surface area contributed by atoms with Crippen LogP contribution in [-0.2, 0) is 9.84 Å². The average molecular weight is 441 g/mol. The number of halogens is 1. The fraction of sp³-hybridized carbons (Fsp3) is 0.200. The van der Waals surface area contributed by atoms with E-state index in [1.165, 1.54) is 12.3 Å². The van der Waals surface area contributed by atoms with Crippen molar-refractivity contribution in [1.29, 1.82) is 0 Å². The third-order valence-corrected chi connectivity index (χ3v) is 6.04. The van der Waals surface area contributed by atoms with Crippen molar-refractivity contribution in [3.05, 3.63) is 53.6 Å². The van der Waals surface area contributed by atoms with Gasteiger partial charge in [-0.3, -0.25) is 5.10 Å². The molecular formula is C20H20FN7O2S. The fourth-order valence-corrected chi connectivity index (χ4v) is 4.16. The number of H-pyrrole nitrogens is 1. The lowest BCUT2D eigenvalue weighted by Crippen LogP contribution is -2.13. The summed E-state index contributed by atoms with van der Waals surface area (Å²) in [5.74, 6) is 0.811. The number of sulfone groups is 1. The van der Waals surface area contributed by atoms with Crippen molar-refractivity contribution in [2.75, 3.05) is 23.5 Å². The van der Waals surface area contributed by atoms with Gasteiger partial charge in [0.05, 0.1) is 16.0 Å². The van der Waals surface area contributed by atoms with E-state index in [1.807, 2.05) is 0 Å². The number of pyridine rings is 1. The van der Waals surface area contributed by atoms with Crippen LogP contribution in [0.4, 0.5) is 27.7 Å². The second-order valence-corrected chi connectivity index (χ2v) is 9.16. The molecule has 0 radical (unpaired) electrons. The Labute approximate surface area is 178 Å². The highest BCUT2D eigenvalue weighted by Gasteiger charge is 2.17. The van der Waals surface area contributed by atoms with E-state index in [0.717, 1.165) is 0 Å². The van der Waals surface area contributed by atoms with Gasteiger partial charge in [0.1, 0.15) is 11.6 Å². The molecular weight excluding hydrogens is 421 g/mol. The molecule has 0 amide bonds. The molecule has 3 heterocycles. The van der Waals surface area contributed by atoms with Crippen LogP contribution in [0.5, 0.6) is 0 Å². The molecule has 4 aromatic rings. The smallest absolute Gasteiger partial charge is 0.229 e. The quantitative estimate of drug-likeness (QED) is 0.484. The first-order chi connectivity index (χ1) is 14.6. The van der Waals surface area contributed by atoms with Gasteiger partial charge in [0.25, 0.3) is 0 Å². The molecule has 9 nitrogen and oxygen atoms in total. The molecule has 0 saturated carbocycles. The lowest BCUT2D eigenvalue weighted by atomic mass is 10.2. The summed E-state index contributed by atoms with van der Waals surface area (Å²) in [5.41, 5.74) is 1.95. The third kappa shape index (κ3) is 4.04. The molecule has 0 fully saturated rings. The molecule has 0 bridgehead atoms. The number of benzene rings is 1. The number of aromatic amines is 1. The summed E-state index contributed by atoms with van der Waals surface area (Å²) in [4.78, 5) is 14.8. The number of nitrogens with zero attached hydrogens (tertiary/aromatic N) is 5. The molecule has 0 aliphatic rings. The summed E-state index contributed by atoms with van der Waals surface area (Å²) in [6, 6.07) is 8.07. The van der Waals surface area contributed by atoms with E-state index in [2.05, 4.69) is 30.5 Å². The summed E-state index contributed by atoms with van der Waals surface area (Å²) in [5, 5.41) is 10.6. The number of rotatable bonds is 5. The molecule has 0 atom stereocenters. The van der Waals surface area contributed by atoms with E-state index in [9.17, 15) is 12.8 Å². The van der Waals surface area contributed by atoms with Gasteiger partial charge < -0.3 is 10.2 Å². The number of aryl methyl sites for hydroxylation is 2. The highest BCUT2D eigenvalue weighted by atomic mass is 32.2. The molecule has 0 saturated heterocycles. The van der Waals surface area contributed by atoms with Crippen molar-refractivity contribution in [3.63, 3.8) is 0 Å². The Bertz CT molecular complexity index is 1400. The Morgan fingerprint density at radius 1 is 1.13 bits per heavy atom. The maximum atomic E-state index is 14.0. The Hall–Kier alpha value is -3.60. The molecule has 0 aliphatic heterocycles. The number of hydrogen-bond acceptors (Lipinski definition) is 8. The van der Waals surface area contributed by atoms with Gasteiger partial charge in [0.15, 0.2) is 21.3 Å². The van der Waals surface area contributed by atoms with E-state index in [-0.39, 0.29) is 16.5 Å². The van der Waals surface area contributed by atoms with Crippen LogP contribution in [0.25, 0.3) is 11.0 Å². The minimum atomic E-state index is -3.36. The van der Waals surface area contributed by atoms with Gasteiger partial charge in [-0.2, -0.15) is 10.1 Å². The third-order valence-electron chi connectivity index (χ3n) is 4.81. The maximum absolute atomic E-state index is 14.0. The molecule has 160 valence electrons. The van der Waals surface area contributed by atoms with E-state index in [0.29, 0.717) is 33.9 Å². The Morgan fingerprint density at radius 3 is 2.65 bits per heavy atom. The predicted molar refractivity (Wildman–Crippen MR) is 116 cm³/mol. The molecule has 4 rings (SSSR count). The average Bonchev–Trinajstić information content (AvgIpc) is 3.11. The van der Waals surface area contributed by atoms with Crippen molar-refractivity contribution in [3.8, 4) is 0 Å². The lowest BCUT2D eigenvalue weighted by molar-refractivity contribution is 0.601. The van der Waals surface area contributed by atoms with Crippen molar-refractivity contribution in [1.82, 2.24) is 25.1 Å². The number of anilines is 4. The standard InChI is InChI=1S/C20H20FN7O2S/c1-11-5-6-13(9-16(11)31(4,29)30)24-20-22-8-7-17(25-20)28(3)19-14-10-15(21)12(2)23-18(14)26-27-19/h5-10H,1-4H3,(H,22,24,25)(H,23,26,27). The maximum Gasteiger partial charge on any atom is 0.229 e. The van der Waals surface area contributed by atoms with Crippen molar-refractivity contribution in [2.24, 2.45) is 0 Å². The predicted octanol–water partition coefficient (Wildman–Crippen LogP) is 3.42. The molecule has 3 aromatic heterocycles. The first-order valence-electron chi connectivity index (χ1n) is 9.29. The van der Waals surface area contributed by atoms with E-state index >= 15 is 0 Å². The monoisotopic (exact) mass is 441 g/mol. The van der Waals surface area contributed by atoms with Gasteiger partial charge in [-0.25, -0.2) is 22.8 Å². The van der Waals surface area contributed by atoms with Gasteiger partial charge in [-0.1, -0.05) is 6.07 Å². The second kappa shape index (κ2) is 7.58. The van der Waals surface area contributed by atoms with Crippen LogP contribution in [0.15, 0.2) is 41.4 Å². The fourth-order valence-electron chi connectivity index (χ4n) is 3.17. The molecule has 2 N–H and O–H groups in total. The highest BCUT2D eigenvalue weighted by molar-refractivity contribution is 7.90. The number of aromatic nitrogens is 5. The normalized spacial score (nSPS) is 11.6. The van der Waals surface area contributed by atoms with E-state index < -0.39 is 15.7 Å². The summed E-state index contributed by atoms with van der Waals surface area (Å²) >= 11 is 0. The number of fused-ring (bicyclic) bond motifs is 1. The minimum Gasteiger partial charge on any atom is -0.324 e. The molecule has 1 aromatic carbocycles. The van der Waals surface area contributed by atoms with E-state index in [1.54, 1.807) is 56.3 Å². The van der Waals surface area contributed by atoms with Gasteiger partial charge >= 0.3 is 0 Å². The second-order valence-electron chi connectivity index (χ2n) is 7.17. The minimum absolute atomic E-state index is 0.235. The SMILES string of the molecule is Cc1ccc(Nc2nccc(N(C)c3n[nH]c4nc(C)c(F)cc34)n2)cc1S(C)(=O)=O. The topological polar surface area (TPSA) is 117 Å². The van der Waals surface area contributed by atoms with Gasteiger partial charge in [0, 0.05) is 25.2 Å². The zero-order chi connectivity index (χ0) is 22.3. The van der Waals surface area contributed by atoms with Crippen LogP contribution >= 0.6 is 0 Å². The van der Waals surface area contributed by atoms with Crippen LogP contribution in [-0.4, -0.2) is 46.9 Å². The summed E-state index contributed by atoms with van der Waals surface area (Å²) < 4.78 is 38.0. The molecule has 0 spiro atoms. The number of nitrogens with one attached hydrogen (secondary N) is 2. The van der Waals surface area contributed by atoms with Crippen LogP contribution in [0, 0.1) is 19.7 Å². The summed E-state index contributed by atoms with van der Waals surface area (Å²) in [6.07, 6.45) is 2.73. The molecule has 0 unspecified atom stereocenters. The van der Waals surface area contributed by atoms with Crippen LogP contribution in [0.2, 0.25) is 0 Å². The Kier molecular flexibility index (Phi) is 5.05. The lowest BCUT2D eigenvalue weighted by Gasteiger charge is -2.16. The molecule has 11 heteroatoms. The van der Waals surface area contributed by atoms with E-state index in [4.69, 9.17) is 0 Å². The van der Waals surface area contributed by atoms with Gasteiger partial charge in [0.2, 0.25) is 5.95 Å². The zero-order valence-electron chi connectivity index (χ0n) is 17.3. The Balaban J connectivity index is 1.66. The Morgan fingerprint density at radius 2 is 1.90 bits per heavy atom. The molecule has 31 heavy (non-hydrogen) atoms. The molecule has 0 aliphatic carbocycles. The van der Waals surface area contributed by atoms with Crippen LogP contribution in [0.3, 0.4) is 0 Å². The van der Waals surface area contributed by atoms with Crippen LogP contribution < -0.4 is 10.2 Å². The van der Waals surface area contributed by atoms with Crippen molar-refractivity contribution >= 4 is 44.1 Å². The van der Waals surface area contributed by atoms with Crippen LogP contribution in [0.1, 0.15) is 11.3 Å². The summed E-state index contributed by atoms with van der Waals surface area (Å²) in [6.45, 7) is 3.32. The highest BCUT2D eigenvalue weighted by Crippen LogP contribution is 2.29. The van der Waals surface area contributed by atoms with Crippen molar-refractivity contribution in [2.45, 2.75) is 18.7 Å². The van der Waals surface area contributed by atoms with Gasteiger partial charge in [-0.15, -0.1) is 0 Å². The van der Waals surface area contributed by atoms with Crippen molar-refractivity contribution < 1.29 is 12.8 Å². The first-order valence-corrected chi connectivity index (χ1v) is 11.2. The first kappa shape index (κ1) is 20.7. The largest absolute Gasteiger partial charge is 0.324 e. The van der Waals surface area contributed by atoms with Gasteiger partial charge in [-0.05, 0) is 43.7 Å². The number of hydrogen-bond donors (Lipinski definition) is 2. The zero-order valence-corrected chi connectivity index (χ0v) is 18.1.